The molecule has 284 valence electrons. The molecule has 0 aliphatic rings. The fourth-order valence-corrected chi connectivity index (χ4v) is 6.40. The second-order valence-corrected chi connectivity index (χ2v) is 14.1. The van der Waals surface area contributed by atoms with Crippen molar-refractivity contribution in [3.63, 3.8) is 0 Å². The fraction of sp³-hybridized carbons (Fsp3) is 0.902. The highest BCUT2D eigenvalue weighted by atomic mass is 16.3. The van der Waals surface area contributed by atoms with E-state index >= 15 is 0 Å². The van der Waals surface area contributed by atoms with Gasteiger partial charge in [0.15, 0.2) is 0 Å². The maximum Gasteiger partial charge on any atom is 0.222 e. The van der Waals surface area contributed by atoms with Gasteiger partial charge in [-0.2, -0.15) is 0 Å². The lowest BCUT2D eigenvalue weighted by atomic mass is 10.0. The minimum atomic E-state index is -0.920. The molecule has 0 fully saturated rings. The predicted molar refractivity (Wildman–Crippen MR) is 203 cm³/mol. The Hall–Kier alpha value is -1.44. The number of allylic oxidation sites excluding steroid dienone is 2. The lowest BCUT2D eigenvalue weighted by Gasteiger charge is -2.29. The first-order valence-electron chi connectivity index (χ1n) is 20.6. The van der Waals surface area contributed by atoms with Gasteiger partial charge in [-0.3, -0.25) is 9.59 Å². The van der Waals surface area contributed by atoms with Gasteiger partial charge >= 0.3 is 0 Å². The van der Waals surface area contributed by atoms with Gasteiger partial charge in [0.2, 0.25) is 11.8 Å². The molecule has 3 N–H and O–H groups in total. The highest BCUT2D eigenvalue weighted by Crippen LogP contribution is 2.14. The number of hydrogen-bond donors (Lipinski definition) is 3. The number of carbonyl (C=O) groups excluding carboxylic acids is 2. The van der Waals surface area contributed by atoms with Crippen LogP contribution in [0.5, 0.6) is 0 Å². The van der Waals surface area contributed by atoms with Gasteiger partial charge in [-0.1, -0.05) is 154 Å². The van der Waals surface area contributed by atoms with E-state index in [1.807, 2.05) is 0 Å². The van der Waals surface area contributed by atoms with Crippen molar-refractivity contribution in [2.45, 2.75) is 200 Å². The molecule has 0 bridgehead atoms. The van der Waals surface area contributed by atoms with Gasteiger partial charge in [-0.25, -0.2) is 0 Å². The molecule has 0 heterocycles. The van der Waals surface area contributed by atoms with E-state index in [1.54, 1.807) is 0 Å². The van der Waals surface area contributed by atoms with Crippen molar-refractivity contribution in [2.75, 3.05) is 39.4 Å². The molecule has 0 rings (SSSR count). The Morgan fingerprint density at radius 2 is 0.771 bits per heavy atom. The minimum absolute atomic E-state index is 0.0560. The third kappa shape index (κ3) is 30.6. The van der Waals surface area contributed by atoms with Crippen molar-refractivity contribution < 1.29 is 24.9 Å². The molecule has 1 unspecified atom stereocenters. The Morgan fingerprint density at radius 3 is 1.08 bits per heavy atom. The Labute approximate surface area is 297 Å². The Morgan fingerprint density at radius 1 is 0.479 bits per heavy atom. The fourth-order valence-electron chi connectivity index (χ4n) is 6.40. The summed E-state index contributed by atoms with van der Waals surface area (Å²) in [7, 11) is 0. The van der Waals surface area contributed by atoms with Crippen LogP contribution in [0.2, 0.25) is 0 Å². The second-order valence-electron chi connectivity index (χ2n) is 14.1. The molecule has 0 aromatic rings. The van der Waals surface area contributed by atoms with Crippen LogP contribution in [0.4, 0.5) is 0 Å². The van der Waals surface area contributed by atoms with Gasteiger partial charge in [-0.05, 0) is 38.5 Å². The summed E-state index contributed by atoms with van der Waals surface area (Å²) in [6.45, 7) is 4.70. The summed E-state index contributed by atoms with van der Waals surface area (Å²) in [4.78, 5) is 28.8. The molecule has 0 saturated carbocycles. The highest BCUT2D eigenvalue weighted by molar-refractivity contribution is 5.77. The number of nitrogens with zero attached hydrogens (tertiary/aromatic N) is 2. The zero-order valence-electron chi connectivity index (χ0n) is 31.8. The SMILES string of the molecule is CCCCCCCC/C=C\CCCCCCCC(=O)N(CCO)CC(O)CN(CCO)C(=O)CCCCCCCCCCCCCCC. The predicted octanol–water partition coefficient (Wildman–Crippen LogP) is 9.51. The molecular formula is C41H80N2O5. The van der Waals surface area contributed by atoms with Gasteiger partial charge in [0.25, 0.3) is 0 Å². The number of aliphatic hydroxyl groups excluding tert-OH is 3. The smallest absolute Gasteiger partial charge is 0.222 e. The maximum atomic E-state index is 12.9. The van der Waals surface area contributed by atoms with Gasteiger partial charge < -0.3 is 25.1 Å². The minimum Gasteiger partial charge on any atom is -0.395 e. The summed E-state index contributed by atoms with van der Waals surface area (Å²) in [6.07, 6.45) is 36.5. The second kappa shape index (κ2) is 36.8. The third-order valence-electron chi connectivity index (χ3n) is 9.45. The molecule has 48 heavy (non-hydrogen) atoms. The van der Waals surface area contributed by atoms with E-state index in [0.717, 1.165) is 44.9 Å². The van der Waals surface area contributed by atoms with Crippen LogP contribution < -0.4 is 0 Å². The first kappa shape index (κ1) is 46.6. The Kier molecular flexibility index (Phi) is 35.7. The molecule has 0 aliphatic carbocycles. The number of unbranched alkanes of at least 4 members (excludes halogenated alkanes) is 23. The molecule has 0 radical (unpaired) electrons. The zero-order valence-corrected chi connectivity index (χ0v) is 31.8. The van der Waals surface area contributed by atoms with E-state index in [1.165, 1.54) is 132 Å². The van der Waals surface area contributed by atoms with Crippen LogP contribution in [0.25, 0.3) is 0 Å². The summed E-state index contributed by atoms with van der Waals surface area (Å²) < 4.78 is 0. The molecule has 0 aromatic carbocycles. The van der Waals surface area contributed by atoms with E-state index in [9.17, 15) is 24.9 Å². The first-order valence-corrected chi connectivity index (χ1v) is 20.6. The number of aliphatic hydroxyl groups is 3. The quantitative estimate of drug-likeness (QED) is 0.0448. The van der Waals surface area contributed by atoms with E-state index < -0.39 is 6.10 Å². The van der Waals surface area contributed by atoms with Crippen molar-refractivity contribution in [1.29, 1.82) is 0 Å². The van der Waals surface area contributed by atoms with Crippen LogP contribution in [-0.2, 0) is 9.59 Å². The molecule has 0 aromatic heterocycles. The molecular weight excluding hydrogens is 600 g/mol. The standard InChI is InChI=1S/C41H80N2O5/c1-3-5-7-9-11-13-15-17-18-20-22-24-26-28-30-32-41(48)43(34-36-45)38-39(46)37-42(33-35-44)40(47)31-29-27-25-23-21-19-16-14-12-10-8-6-4-2/h17-18,39,44-46H,3-16,19-38H2,1-2H3/b18-17-. The number of amides is 2. The third-order valence-corrected chi connectivity index (χ3v) is 9.45. The van der Waals surface area contributed by atoms with Gasteiger partial charge in [-0.15, -0.1) is 0 Å². The van der Waals surface area contributed by atoms with E-state index in [0.29, 0.717) is 12.8 Å². The Bertz CT molecular complexity index is 732. The lowest BCUT2D eigenvalue weighted by molar-refractivity contribution is -0.135. The van der Waals surface area contributed by atoms with Crippen molar-refractivity contribution in [2.24, 2.45) is 0 Å². The van der Waals surface area contributed by atoms with Crippen molar-refractivity contribution in [1.82, 2.24) is 9.80 Å². The van der Waals surface area contributed by atoms with E-state index in [4.69, 9.17) is 0 Å². The van der Waals surface area contributed by atoms with Crippen molar-refractivity contribution in [3.8, 4) is 0 Å². The van der Waals surface area contributed by atoms with Crippen LogP contribution in [-0.4, -0.2) is 82.4 Å². The summed E-state index contributed by atoms with van der Waals surface area (Å²) in [5.74, 6) is -0.118. The lowest BCUT2D eigenvalue weighted by Crippen LogP contribution is -2.46. The number of hydrogen-bond acceptors (Lipinski definition) is 5. The van der Waals surface area contributed by atoms with Crippen molar-refractivity contribution >= 4 is 11.8 Å². The summed E-state index contributed by atoms with van der Waals surface area (Å²) in [6, 6.07) is 0. The Balaban J connectivity index is 4.12. The molecule has 7 heteroatoms. The normalized spacial score (nSPS) is 12.2. The topological polar surface area (TPSA) is 101 Å². The number of carbonyl (C=O) groups is 2. The molecule has 0 spiro atoms. The molecule has 2 amide bonds. The van der Waals surface area contributed by atoms with Crippen LogP contribution in [0.15, 0.2) is 12.2 Å². The monoisotopic (exact) mass is 681 g/mol. The average Bonchev–Trinajstić information content (AvgIpc) is 3.08. The van der Waals surface area contributed by atoms with Crippen LogP contribution in [0, 0.1) is 0 Å². The van der Waals surface area contributed by atoms with Crippen LogP contribution in [0.1, 0.15) is 194 Å². The summed E-state index contributed by atoms with van der Waals surface area (Å²) >= 11 is 0. The molecule has 1 atom stereocenters. The largest absolute Gasteiger partial charge is 0.395 e. The van der Waals surface area contributed by atoms with Gasteiger partial charge in [0, 0.05) is 39.0 Å². The van der Waals surface area contributed by atoms with Gasteiger partial charge in [0.1, 0.15) is 0 Å². The molecule has 0 aliphatic heterocycles. The summed E-state index contributed by atoms with van der Waals surface area (Å²) in [5.41, 5.74) is 0. The summed E-state index contributed by atoms with van der Waals surface area (Å²) in [5, 5.41) is 29.8. The van der Waals surface area contributed by atoms with Gasteiger partial charge in [0.05, 0.1) is 19.3 Å². The van der Waals surface area contributed by atoms with Crippen molar-refractivity contribution in [3.05, 3.63) is 12.2 Å². The van der Waals surface area contributed by atoms with E-state index in [2.05, 4.69) is 26.0 Å². The van der Waals surface area contributed by atoms with Crippen LogP contribution >= 0.6 is 0 Å². The zero-order chi connectivity index (χ0) is 35.3. The molecule has 0 saturated heterocycles. The van der Waals surface area contributed by atoms with E-state index in [-0.39, 0.29) is 51.2 Å². The maximum absolute atomic E-state index is 12.9. The average molecular weight is 681 g/mol. The molecule has 7 nitrogen and oxygen atoms in total. The number of rotatable bonds is 37. The highest BCUT2D eigenvalue weighted by Gasteiger charge is 2.21. The first-order chi connectivity index (χ1) is 23.5. The van der Waals surface area contributed by atoms with Crippen LogP contribution in [0.3, 0.4) is 0 Å².